The lowest BCUT2D eigenvalue weighted by molar-refractivity contribution is -0.0543. The largest absolute Gasteiger partial charge is 0.497 e. The van der Waals surface area contributed by atoms with Crippen LogP contribution in [0.3, 0.4) is 0 Å². The van der Waals surface area contributed by atoms with Gasteiger partial charge in [-0.3, -0.25) is 9.36 Å². The molecule has 4 rings (SSSR count). The summed E-state index contributed by atoms with van der Waals surface area (Å²) in [6, 6.07) is 7.60. The Hall–Kier alpha value is -1.83. The Bertz CT molecular complexity index is 1090. The zero-order valence-corrected chi connectivity index (χ0v) is 18.9. The molecule has 1 aliphatic rings. The van der Waals surface area contributed by atoms with E-state index in [9.17, 15) is 4.79 Å². The third-order valence-electron chi connectivity index (χ3n) is 5.49. The number of fused-ring (bicyclic) bond motifs is 3. The second-order valence-corrected chi connectivity index (χ2v) is 9.68. The minimum Gasteiger partial charge on any atom is -0.497 e. The molecule has 29 heavy (non-hydrogen) atoms. The van der Waals surface area contributed by atoms with Gasteiger partial charge in [0.05, 0.1) is 30.4 Å². The van der Waals surface area contributed by atoms with Gasteiger partial charge in [-0.2, -0.15) is 0 Å². The molecule has 0 fully saturated rings. The third kappa shape index (κ3) is 3.71. The lowest BCUT2D eigenvalue weighted by Gasteiger charge is -2.32. The highest BCUT2D eigenvalue weighted by Crippen LogP contribution is 2.39. The molecule has 1 aliphatic heterocycles. The van der Waals surface area contributed by atoms with Crippen molar-refractivity contribution in [1.82, 2.24) is 9.55 Å². The summed E-state index contributed by atoms with van der Waals surface area (Å²) in [5.41, 5.74) is 1.71. The monoisotopic (exact) mass is 430 g/mol. The molecule has 0 N–H and O–H groups in total. The van der Waals surface area contributed by atoms with Crippen LogP contribution in [0.1, 0.15) is 44.1 Å². The molecule has 1 atom stereocenters. The Morgan fingerprint density at radius 2 is 2.07 bits per heavy atom. The van der Waals surface area contributed by atoms with E-state index in [-0.39, 0.29) is 11.2 Å². The fourth-order valence-electron chi connectivity index (χ4n) is 3.58. The summed E-state index contributed by atoms with van der Waals surface area (Å²) in [7, 11) is 1.64. The van der Waals surface area contributed by atoms with E-state index in [0.29, 0.717) is 6.61 Å². The summed E-state index contributed by atoms with van der Waals surface area (Å²) in [6.45, 7) is 6.95. The fraction of sp³-hybridized carbons (Fsp3) is 0.455. The number of nitrogens with zero attached hydrogens (tertiary/aromatic N) is 2. The van der Waals surface area contributed by atoms with Crippen molar-refractivity contribution in [2.24, 2.45) is 0 Å². The topological polar surface area (TPSA) is 53.4 Å². The summed E-state index contributed by atoms with van der Waals surface area (Å²) in [6.07, 6.45) is 2.68. The fourth-order valence-corrected chi connectivity index (χ4v) is 5.59. The van der Waals surface area contributed by atoms with E-state index in [1.165, 1.54) is 0 Å². The highest BCUT2D eigenvalue weighted by atomic mass is 32.2. The van der Waals surface area contributed by atoms with Crippen molar-refractivity contribution in [3.8, 4) is 11.4 Å². The quantitative estimate of drug-likeness (QED) is 0.397. The summed E-state index contributed by atoms with van der Waals surface area (Å²) >= 11 is 3.23. The highest BCUT2D eigenvalue weighted by Gasteiger charge is 2.33. The van der Waals surface area contributed by atoms with Crippen molar-refractivity contribution >= 4 is 33.3 Å². The van der Waals surface area contributed by atoms with Crippen LogP contribution in [0.4, 0.5) is 0 Å². The number of thiophene rings is 1. The molecule has 154 valence electrons. The number of hydrogen-bond donors (Lipinski definition) is 0. The average molecular weight is 431 g/mol. The minimum atomic E-state index is -0.228. The van der Waals surface area contributed by atoms with E-state index in [4.69, 9.17) is 14.5 Å². The summed E-state index contributed by atoms with van der Waals surface area (Å²) in [5, 5.41) is 1.50. The Balaban J connectivity index is 1.93. The molecule has 0 saturated heterocycles. The normalized spacial score (nSPS) is 18.8. The number of ether oxygens (including phenoxy) is 2. The van der Waals surface area contributed by atoms with Gasteiger partial charge in [-0.15, -0.1) is 11.3 Å². The smallest absolute Gasteiger partial charge is 0.267 e. The molecule has 3 aromatic rings. The van der Waals surface area contributed by atoms with E-state index in [0.717, 1.165) is 62.3 Å². The van der Waals surface area contributed by atoms with Crippen LogP contribution in [0.5, 0.6) is 5.75 Å². The molecule has 1 aromatic carbocycles. The van der Waals surface area contributed by atoms with E-state index in [1.807, 2.05) is 24.3 Å². The number of rotatable bonds is 6. The molecule has 0 spiro atoms. The number of aromatic nitrogens is 2. The van der Waals surface area contributed by atoms with Gasteiger partial charge >= 0.3 is 0 Å². The molecule has 0 saturated carbocycles. The standard InChI is InChI=1S/C22H26N2O3S2/c1-5-11-28-21-23-19-18(16-12-22(3,6-2)27-13-17(16)29-19)20(25)24(21)14-7-9-15(26-4)10-8-14/h7-10H,5-6,11-13H2,1-4H3/t22-/m1/s1. The van der Waals surface area contributed by atoms with Gasteiger partial charge in [0.25, 0.3) is 5.56 Å². The minimum absolute atomic E-state index is 0.0108. The first-order valence-corrected chi connectivity index (χ1v) is 11.8. The Morgan fingerprint density at radius 3 is 2.72 bits per heavy atom. The SMILES string of the molecule is CCCSc1nc2sc3c(c2c(=O)n1-c1ccc(OC)cc1)C[C@@](C)(CC)OC3. The maximum Gasteiger partial charge on any atom is 0.267 e. The number of hydrogen-bond acceptors (Lipinski definition) is 6. The van der Waals surface area contributed by atoms with E-state index < -0.39 is 0 Å². The second-order valence-electron chi connectivity index (χ2n) is 7.53. The van der Waals surface area contributed by atoms with E-state index in [2.05, 4.69) is 20.8 Å². The van der Waals surface area contributed by atoms with Crippen LogP contribution in [0.25, 0.3) is 15.9 Å². The van der Waals surface area contributed by atoms with Crippen molar-refractivity contribution in [1.29, 1.82) is 0 Å². The van der Waals surface area contributed by atoms with Crippen LogP contribution >= 0.6 is 23.1 Å². The molecule has 0 radical (unpaired) electrons. The number of methoxy groups -OCH3 is 1. The van der Waals surface area contributed by atoms with Crippen LogP contribution in [0, 0.1) is 0 Å². The molecule has 3 heterocycles. The Labute approximate surface area is 179 Å². The first-order valence-electron chi connectivity index (χ1n) is 9.98. The number of benzene rings is 1. The average Bonchev–Trinajstić information content (AvgIpc) is 3.10. The van der Waals surface area contributed by atoms with Crippen LogP contribution in [0.15, 0.2) is 34.2 Å². The lowest BCUT2D eigenvalue weighted by Crippen LogP contribution is -2.34. The molecule has 2 aromatic heterocycles. The van der Waals surface area contributed by atoms with Gasteiger partial charge in [-0.05, 0) is 49.6 Å². The molecule has 0 aliphatic carbocycles. The van der Waals surface area contributed by atoms with Gasteiger partial charge < -0.3 is 9.47 Å². The molecular weight excluding hydrogens is 404 g/mol. The first-order chi connectivity index (χ1) is 14.0. The van der Waals surface area contributed by atoms with Crippen molar-refractivity contribution in [2.75, 3.05) is 12.9 Å². The van der Waals surface area contributed by atoms with Gasteiger partial charge in [-0.25, -0.2) is 4.98 Å². The predicted molar refractivity (Wildman–Crippen MR) is 120 cm³/mol. The third-order valence-corrected chi connectivity index (χ3v) is 7.74. The zero-order valence-electron chi connectivity index (χ0n) is 17.3. The first kappa shape index (κ1) is 20.4. The van der Waals surface area contributed by atoms with Gasteiger partial charge in [-0.1, -0.05) is 25.6 Å². The highest BCUT2D eigenvalue weighted by molar-refractivity contribution is 7.99. The van der Waals surface area contributed by atoms with Crippen molar-refractivity contribution < 1.29 is 9.47 Å². The lowest BCUT2D eigenvalue weighted by atomic mass is 9.90. The van der Waals surface area contributed by atoms with Gasteiger partial charge in [0.2, 0.25) is 0 Å². The van der Waals surface area contributed by atoms with Gasteiger partial charge in [0, 0.05) is 17.1 Å². The van der Waals surface area contributed by atoms with Crippen LogP contribution < -0.4 is 10.3 Å². The second kappa shape index (κ2) is 8.13. The zero-order chi connectivity index (χ0) is 20.6. The van der Waals surface area contributed by atoms with Gasteiger partial charge in [0.15, 0.2) is 5.16 Å². The molecule has 5 nitrogen and oxygen atoms in total. The van der Waals surface area contributed by atoms with Crippen molar-refractivity contribution in [3.63, 3.8) is 0 Å². The predicted octanol–water partition coefficient (Wildman–Crippen LogP) is 5.20. The van der Waals surface area contributed by atoms with E-state index >= 15 is 0 Å². The van der Waals surface area contributed by atoms with Crippen molar-refractivity contribution in [2.45, 2.75) is 57.4 Å². The Morgan fingerprint density at radius 1 is 1.31 bits per heavy atom. The van der Waals surface area contributed by atoms with Crippen LogP contribution in [0.2, 0.25) is 0 Å². The maximum absolute atomic E-state index is 13.7. The molecule has 0 bridgehead atoms. The summed E-state index contributed by atoms with van der Waals surface area (Å²) < 4.78 is 13.1. The molecule has 7 heteroatoms. The van der Waals surface area contributed by atoms with E-state index in [1.54, 1.807) is 34.8 Å². The van der Waals surface area contributed by atoms with Crippen LogP contribution in [-0.4, -0.2) is 28.0 Å². The molecule has 0 unspecified atom stereocenters. The van der Waals surface area contributed by atoms with Crippen molar-refractivity contribution in [3.05, 3.63) is 45.1 Å². The van der Waals surface area contributed by atoms with Crippen LogP contribution in [-0.2, 0) is 17.8 Å². The number of thioether (sulfide) groups is 1. The Kier molecular flexibility index (Phi) is 5.73. The maximum atomic E-state index is 13.7. The molecular formula is C22H26N2O3S2. The molecule has 0 amide bonds. The summed E-state index contributed by atoms with van der Waals surface area (Å²) in [4.78, 5) is 20.6. The van der Waals surface area contributed by atoms with Gasteiger partial charge in [0.1, 0.15) is 10.6 Å². The summed E-state index contributed by atoms with van der Waals surface area (Å²) in [5.74, 6) is 1.68.